The monoisotopic (exact) mass is 942 g/mol. The molecule has 2 saturated heterocycles. The molecule has 0 aromatic heterocycles. The van der Waals surface area contributed by atoms with Gasteiger partial charge in [0.25, 0.3) is 0 Å². The van der Waals surface area contributed by atoms with Gasteiger partial charge in [0, 0.05) is 19.4 Å². The summed E-state index contributed by atoms with van der Waals surface area (Å²) in [6.45, 7) is 14.6. The zero-order chi connectivity index (χ0) is 48.5. The molecule has 2 aromatic rings. The molecule has 0 aliphatic carbocycles. The highest BCUT2D eigenvalue weighted by atomic mass is 31.2. The summed E-state index contributed by atoms with van der Waals surface area (Å²) in [5.74, 6) is -2.54. The van der Waals surface area contributed by atoms with Crippen LogP contribution in [-0.2, 0) is 50.4 Å². The molecule has 6 amide bonds. The SMILES string of the molecule is CCOP(=O)(OCC)C1(N2CCCC2)CN(C(=O)[C@@H](CCCCNC(=O)OC(C)(C)C)NC(=O)[C@@H](CC(C)C)NC(=O)[C@@H](Cc2ccccc2)NC(=O)[C@@H](Cc2ccccc2)NC(=O)O)C1. The van der Waals surface area contributed by atoms with E-state index in [0.717, 1.165) is 12.8 Å². The van der Waals surface area contributed by atoms with E-state index in [1.54, 1.807) is 94.1 Å². The lowest BCUT2D eigenvalue weighted by atomic mass is 9.98. The van der Waals surface area contributed by atoms with Gasteiger partial charge in [0.05, 0.1) is 26.3 Å². The Labute approximate surface area is 389 Å². The van der Waals surface area contributed by atoms with E-state index >= 15 is 0 Å². The number of carbonyl (C=O) groups is 6. The van der Waals surface area contributed by atoms with Gasteiger partial charge in [-0.25, -0.2) is 9.59 Å². The first-order chi connectivity index (χ1) is 31.3. The quantitative estimate of drug-likeness (QED) is 0.0557. The number of unbranched alkanes of at least 4 members (excludes halogenated alkanes) is 1. The lowest BCUT2D eigenvalue weighted by Gasteiger charge is -2.56. The minimum absolute atomic E-state index is 0.0223. The molecule has 0 spiro atoms. The second-order valence-corrected chi connectivity index (χ2v) is 20.7. The van der Waals surface area contributed by atoms with Crippen LogP contribution < -0.4 is 26.6 Å². The minimum atomic E-state index is -3.74. The molecule has 0 radical (unpaired) electrons. The van der Waals surface area contributed by atoms with E-state index in [-0.39, 0.29) is 64.4 Å². The first-order valence-corrected chi connectivity index (χ1v) is 24.7. The van der Waals surface area contributed by atoms with Crippen molar-refractivity contribution in [3.63, 3.8) is 0 Å². The summed E-state index contributed by atoms with van der Waals surface area (Å²) < 4.78 is 31.6. The summed E-state index contributed by atoms with van der Waals surface area (Å²) in [4.78, 5) is 84.9. The molecule has 0 unspecified atom stereocenters. The molecular weight excluding hydrogens is 870 g/mol. The first-order valence-electron chi connectivity index (χ1n) is 23.2. The van der Waals surface area contributed by atoms with Crippen molar-refractivity contribution in [3.05, 3.63) is 71.8 Å². The van der Waals surface area contributed by atoms with Crippen molar-refractivity contribution < 1.29 is 52.2 Å². The third kappa shape index (κ3) is 15.8. The average molecular weight is 942 g/mol. The molecule has 2 fully saturated rings. The summed E-state index contributed by atoms with van der Waals surface area (Å²) in [6.07, 6.45) is 1.08. The number of carbonyl (C=O) groups excluding carboxylic acids is 5. The van der Waals surface area contributed by atoms with Gasteiger partial charge >= 0.3 is 19.8 Å². The fraction of sp³-hybridized carbons (Fsp3) is 0.617. The van der Waals surface area contributed by atoms with Crippen LogP contribution in [0.2, 0.25) is 0 Å². The Morgan fingerprint density at radius 3 is 1.70 bits per heavy atom. The number of benzene rings is 2. The van der Waals surface area contributed by atoms with Crippen LogP contribution in [0.1, 0.15) is 98.1 Å². The molecule has 4 atom stereocenters. The number of hydrogen-bond donors (Lipinski definition) is 6. The molecular formula is C47H72N7O11P. The molecule has 2 aromatic carbocycles. The van der Waals surface area contributed by atoms with Gasteiger partial charge in [0.15, 0.2) is 5.28 Å². The zero-order valence-electron chi connectivity index (χ0n) is 39.6. The largest absolute Gasteiger partial charge is 0.465 e. The van der Waals surface area contributed by atoms with Gasteiger partial charge in [-0.15, -0.1) is 0 Å². The first kappa shape index (κ1) is 53.6. The number of hydrogen-bond acceptors (Lipinski definition) is 11. The van der Waals surface area contributed by atoms with Gasteiger partial charge < -0.3 is 50.4 Å². The molecule has 18 nitrogen and oxygen atoms in total. The van der Waals surface area contributed by atoms with Crippen molar-refractivity contribution in [1.29, 1.82) is 0 Å². The van der Waals surface area contributed by atoms with Gasteiger partial charge in [0.2, 0.25) is 23.6 Å². The lowest BCUT2D eigenvalue weighted by Crippen LogP contribution is -2.72. The predicted octanol–water partition coefficient (Wildman–Crippen LogP) is 5.20. The molecule has 66 heavy (non-hydrogen) atoms. The molecule has 366 valence electrons. The van der Waals surface area contributed by atoms with Gasteiger partial charge in [0.1, 0.15) is 29.8 Å². The van der Waals surface area contributed by atoms with Crippen LogP contribution in [-0.4, -0.2) is 132 Å². The molecule has 19 heteroatoms. The van der Waals surface area contributed by atoms with E-state index in [2.05, 4.69) is 31.5 Å². The fourth-order valence-electron chi connectivity index (χ4n) is 8.26. The third-order valence-corrected chi connectivity index (χ3v) is 14.1. The van der Waals surface area contributed by atoms with Gasteiger partial charge in [-0.2, -0.15) is 0 Å². The fourth-order valence-corrected chi connectivity index (χ4v) is 10.7. The summed E-state index contributed by atoms with van der Waals surface area (Å²) in [6, 6.07) is 13.2. The van der Waals surface area contributed by atoms with Gasteiger partial charge in [-0.05, 0) is 103 Å². The maximum absolute atomic E-state index is 14.6. The third-order valence-electron chi connectivity index (χ3n) is 11.4. The van der Waals surface area contributed by atoms with Crippen LogP contribution in [0.15, 0.2) is 60.7 Å². The average Bonchev–Trinajstić information content (AvgIpc) is 3.77. The molecule has 6 N–H and O–H groups in total. The van der Waals surface area contributed by atoms with Crippen LogP contribution >= 0.6 is 7.60 Å². The van der Waals surface area contributed by atoms with E-state index in [4.69, 9.17) is 13.8 Å². The zero-order valence-corrected chi connectivity index (χ0v) is 40.5. The Morgan fingerprint density at radius 1 is 0.727 bits per heavy atom. The lowest BCUT2D eigenvalue weighted by molar-refractivity contribution is -0.146. The molecule has 0 bridgehead atoms. The summed E-state index contributed by atoms with van der Waals surface area (Å²) in [7, 11) is -3.74. The minimum Gasteiger partial charge on any atom is -0.465 e. The number of amides is 6. The van der Waals surface area contributed by atoms with Crippen molar-refractivity contribution in [2.45, 2.75) is 135 Å². The topological polar surface area (TPSA) is 234 Å². The van der Waals surface area contributed by atoms with Crippen LogP contribution in [0.25, 0.3) is 0 Å². The smallest absolute Gasteiger partial charge is 0.407 e. The van der Waals surface area contributed by atoms with Crippen molar-refractivity contribution in [3.8, 4) is 0 Å². The number of ether oxygens (including phenoxy) is 1. The van der Waals surface area contributed by atoms with Crippen molar-refractivity contribution in [2.75, 3.05) is 45.9 Å². The number of alkyl carbamates (subject to hydrolysis) is 1. The summed E-state index contributed by atoms with van der Waals surface area (Å²) >= 11 is 0. The van der Waals surface area contributed by atoms with Crippen LogP contribution in [0.3, 0.4) is 0 Å². The number of carboxylic acid groups (broad SMARTS) is 1. The number of rotatable bonds is 25. The van der Waals surface area contributed by atoms with Crippen molar-refractivity contribution in [1.82, 2.24) is 36.4 Å². The number of likely N-dealkylation sites (tertiary alicyclic amines) is 2. The molecule has 2 aliphatic rings. The number of nitrogens with one attached hydrogen (secondary N) is 5. The normalized spacial score (nSPS) is 16.8. The van der Waals surface area contributed by atoms with Crippen molar-refractivity contribution in [2.24, 2.45) is 5.92 Å². The highest BCUT2D eigenvalue weighted by Crippen LogP contribution is 2.65. The second-order valence-electron chi connectivity index (χ2n) is 18.3. The Morgan fingerprint density at radius 2 is 1.21 bits per heavy atom. The highest BCUT2D eigenvalue weighted by Gasteiger charge is 2.64. The maximum atomic E-state index is 14.6. The molecule has 4 rings (SSSR count). The van der Waals surface area contributed by atoms with Crippen LogP contribution in [0, 0.1) is 5.92 Å². The Bertz CT molecular complexity index is 1950. The Balaban J connectivity index is 1.58. The summed E-state index contributed by atoms with van der Waals surface area (Å²) in [5, 5.41) is 22.1. The Kier molecular flexibility index (Phi) is 20.5. The molecule has 0 saturated carbocycles. The van der Waals surface area contributed by atoms with Gasteiger partial charge in [-0.1, -0.05) is 74.5 Å². The number of nitrogens with zero attached hydrogens (tertiary/aromatic N) is 2. The van der Waals surface area contributed by atoms with E-state index in [1.165, 1.54) is 0 Å². The van der Waals surface area contributed by atoms with Gasteiger partial charge in [-0.3, -0.25) is 28.6 Å². The second kappa shape index (κ2) is 25.2. The standard InChI is InChI=1S/C47H72N7O11P/c1-8-63-66(62,64-9-2)47(54-26-18-19-27-54)31-53(32-47)43(58)36(24-16-17-25-48-45(61)65-46(5,6)7)49-40(55)37(28-33(3)4)50-41(56)38(29-34-20-12-10-13-21-34)51-42(57)39(52-44(59)60)30-35-22-14-11-15-23-35/h10-15,20-23,33,36-39,52H,8-9,16-19,24-32H2,1-7H3,(H,48,61)(H,49,55)(H,50,56)(H,51,57)(H,59,60)/t36-,37-,38-,39-/m1/s1. The van der Waals surface area contributed by atoms with E-state index in [0.29, 0.717) is 37.1 Å². The highest BCUT2D eigenvalue weighted by molar-refractivity contribution is 7.55. The predicted molar refractivity (Wildman–Crippen MR) is 250 cm³/mol. The van der Waals surface area contributed by atoms with Crippen LogP contribution in [0.5, 0.6) is 0 Å². The van der Waals surface area contributed by atoms with Crippen LogP contribution in [0.4, 0.5) is 9.59 Å². The van der Waals surface area contributed by atoms with Crippen molar-refractivity contribution >= 4 is 43.4 Å². The molecule has 2 aliphatic heterocycles. The van der Waals surface area contributed by atoms with E-state index in [9.17, 15) is 38.4 Å². The molecule has 2 heterocycles. The maximum Gasteiger partial charge on any atom is 0.407 e. The summed E-state index contributed by atoms with van der Waals surface area (Å²) in [5.41, 5.74) is 0.724. The van der Waals surface area contributed by atoms with E-state index < -0.39 is 78.5 Å². The Hall–Kier alpha value is -5.03. The van der Waals surface area contributed by atoms with E-state index in [1.807, 2.05) is 19.9 Å².